The molecule has 7 heteroatoms. The van der Waals surface area contributed by atoms with Crippen LogP contribution in [-0.4, -0.2) is 37.5 Å². The van der Waals surface area contributed by atoms with Gasteiger partial charge in [0.15, 0.2) is 0 Å². The molecule has 1 aromatic rings. The van der Waals surface area contributed by atoms with Crippen molar-refractivity contribution >= 4 is 10.0 Å². The summed E-state index contributed by atoms with van der Waals surface area (Å²) in [6, 6.07) is 4.14. The molecule has 0 aliphatic rings. The third-order valence-electron chi connectivity index (χ3n) is 2.68. The predicted molar refractivity (Wildman–Crippen MR) is 73.7 cm³/mol. The van der Waals surface area contributed by atoms with Gasteiger partial charge in [0, 0.05) is 19.1 Å². The van der Waals surface area contributed by atoms with Gasteiger partial charge in [0.25, 0.3) is 0 Å². The van der Waals surface area contributed by atoms with Gasteiger partial charge in [0.2, 0.25) is 10.0 Å². The topological polar surface area (TPSA) is 98.7 Å². The van der Waals surface area contributed by atoms with E-state index in [4.69, 9.17) is 0 Å². The van der Waals surface area contributed by atoms with E-state index in [2.05, 4.69) is 10.0 Å². The van der Waals surface area contributed by atoms with E-state index in [1.165, 1.54) is 18.2 Å². The standard InChI is InChI=1S/C12H20N2O4S/c1-3-14-19(17,18)8-7-13-9(2)12-10(15)5-4-6-11(12)16/h4-6,9,13-16H,3,7-8H2,1-2H3. The summed E-state index contributed by atoms with van der Waals surface area (Å²) in [6.07, 6.45) is 0. The van der Waals surface area contributed by atoms with Crippen LogP contribution >= 0.6 is 0 Å². The molecule has 1 atom stereocenters. The molecular weight excluding hydrogens is 268 g/mol. The van der Waals surface area contributed by atoms with Crippen molar-refractivity contribution in [3.8, 4) is 11.5 Å². The van der Waals surface area contributed by atoms with E-state index in [0.717, 1.165) is 0 Å². The maximum atomic E-state index is 11.4. The molecule has 0 aliphatic carbocycles. The molecule has 1 rings (SSSR count). The quantitative estimate of drug-likeness (QED) is 0.591. The second-order valence-corrected chi connectivity index (χ2v) is 6.13. The van der Waals surface area contributed by atoms with E-state index in [0.29, 0.717) is 12.1 Å². The molecule has 1 unspecified atom stereocenters. The first kappa shape index (κ1) is 15.7. The number of aromatic hydroxyl groups is 2. The van der Waals surface area contributed by atoms with Crippen molar-refractivity contribution in [3.05, 3.63) is 23.8 Å². The number of hydrogen-bond acceptors (Lipinski definition) is 5. The molecule has 0 aromatic heterocycles. The Labute approximate surface area is 113 Å². The fraction of sp³-hybridized carbons (Fsp3) is 0.500. The molecule has 0 heterocycles. The molecule has 4 N–H and O–H groups in total. The van der Waals surface area contributed by atoms with E-state index in [1.54, 1.807) is 13.8 Å². The molecule has 0 bridgehead atoms. The second-order valence-electron chi connectivity index (χ2n) is 4.20. The highest BCUT2D eigenvalue weighted by Crippen LogP contribution is 2.31. The number of nitrogens with one attached hydrogen (secondary N) is 2. The Balaban J connectivity index is 2.59. The zero-order chi connectivity index (χ0) is 14.5. The van der Waals surface area contributed by atoms with E-state index in [9.17, 15) is 18.6 Å². The molecule has 108 valence electrons. The average Bonchev–Trinajstić information content (AvgIpc) is 2.28. The Kier molecular flexibility index (Phi) is 5.59. The number of benzene rings is 1. The Hall–Kier alpha value is -1.31. The van der Waals surface area contributed by atoms with Crippen molar-refractivity contribution < 1.29 is 18.6 Å². The molecule has 0 saturated heterocycles. The van der Waals surface area contributed by atoms with Crippen molar-refractivity contribution in [3.63, 3.8) is 0 Å². The van der Waals surface area contributed by atoms with Crippen LogP contribution in [0.4, 0.5) is 0 Å². The Morgan fingerprint density at radius 2 is 1.84 bits per heavy atom. The van der Waals surface area contributed by atoms with Crippen LogP contribution in [0, 0.1) is 0 Å². The molecule has 19 heavy (non-hydrogen) atoms. The van der Waals surface area contributed by atoms with Crippen molar-refractivity contribution in [2.45, 2.75) is 19.9 Å². The lowest BCUT2D eigenvalue weighted by Crippen LogP contribution is -2.32. The molecule has 6 nitrogen and oxygen atoms in total. The Morgan fingerprint density at radius 1 is 1.26 bits per heavy atom. The summed E-state index contributed by atoms with van der Waals surface area (Å²) in [4.78, 5) is 0. The predicted octanol–water partition coefficient (Wildman–Crippen LogP) is 0.688. The summed E-state index contributed by atoms with van der Waals surface area (Å²) in [5, 5.41) is 22.3. The van der Waals surface area contributed by atoms with E-state index in [1.807, 2.05) is 0 Å². The summed E-state index contributed by atoms with van der Waals surface area (Å²) in [5.41, 5.74) is 0.364. The smallest absolute Gasteiger partial charge is 0.212 e. The monoisotopic (exact) mass is 288 g/mol. The highest BCUT2D eigenvalue weighted by atomic mass is 32.2. The van der Waals surface area contributed by atoms with E-state index >= 15 is 0 Å². The van der Waals surface area contributed by atoms with Crippen LogP contribution in [0.1, 0.15) is 25.5 Å². The summed E-state index contributed by atoms with van der Waals surface area (Å²) >= 11 is 0. The van der Waals surface area contributed by atoms with Gasteiger partial charge in [-0.25, -0.2) is 13.1 Å². The fourth-order valence-electron chi connectivity index (χ4n) is 1.79. The first-order chi connectivity index (χ1) is 8.87. The molecule has 0 aliphatic heterocycles. The van der Waals surface area contributed by atoms with Gasteiger partial charge < -0.3 is 15.5 Å². The fourth-order valence-corrected chi connectivity index (χ4v) is 2.76. The van der Waals surface area contributed by atoms with Crippen LogP contribution in [-0.2, 0) is 10.0 Å². The number of sulfonamides is 1. The van der Waals surface area contributed by atoms with Crippen LogP contribution in [0.15, 0.2) is 18.2 Å². The zero-order valence-electron chi connectivity index (χ0n) is 11.0. The highest BCUT2D eigenvalue weighted by molar-refractivity contribution is 7.89. The summed E-state index contributed by atoms with van der Waals surface area (Å²) in [5.74, 6) is -0.0939. The Bertz CT molecular complexity index is 496. The minimum atomic E-state index is -3.27. The molecule has 0 spiro atoms. The number of phenols is 2. The molecular formula is C12H20N2O4S. The molecule has 0 radical (unpaired) electrons. The van der Waals surface area contributed by atoms with Crippen molar-refractivity contribution in [2.24, 2.45) is 0 Å². The van der Waals surface area contributed by atoms with Crippen molar-refractivity contribution in [1.82, 2.24) is 10.0 Å². The van der Waals surface area contributed by atoms with Crippen LogP contribution in [0.25, 0.3) is 0 Å². The second kappa shape index (κ2) is 6.74. The average molecular weight is 288 g/mol. The highest BCUT2D eigenvalue weighted by Gasteiger charge is 2.15. The van der Waals surface area contributed by atoms with Gasteiger partial charge in [-0.1, -0.05) is 13.0 Å². The first-order valence-corrected chi connectivity index (χ1v) is 7.74. The normalized spacial score (nSPS) is 13.4. The lowest BCUT2D eigenvalue weighted by Gasteiger charge is -2.16. The summed E-state index contributed by atoms with van der Waals surface area (Å²) in [7, 11) is -3.27. The Morgan fingerprint density at radius 3 is 2.37 bits per heavy atom. The molecule has 0 fully saturated rings. The summed E-state index contributed by atoms with van der Waals surface area (Å²) in [6.45, 7) is 4.05. The molecule has 0 amide bonds. The summed E-state index contributed by atoms with van der Waals surface area (Å²) < 4.78 is 25.3. The zero-order valence-corrected chi connectivity index (χ0v) is 11.9. The van der Waals surface area contributed by atoms with Gasteiger partial charge in [-0.3, -0.25) is 0 Å². The first-order valence-electron chi connectivity index (χ1n) is 6.09. The minimum absolute atomic E-state index is 0.0189. The number of phenolic OH excluding ortho intramolecular Hbond substituents is 2. The lowest BCUT2D eigenvalue weighted by molar-refractivity contribution is 0.421. The molecule has 0 saturated carbocycles. The third kappa shape index (κ3) is 4.70. The maximum Gasteiger partial charge on any atom is 0.212 e. The van der Waals surface area contributed by atoms with Gasteiger partial charge in [0.05, 0.1) is 11.3 Å². The number of hydrogen-bond donors (Lipinski definition) is 4. The van der Waals surface area contributed by atoms with Crippen LogP contribution in [0.2, 0.25) is 0 Å². The lowest BCUT2D eigenvalue weighted by atomic mass is 10.1. The van der Waals surface area contributed by atoms with Crippen LogP contribution in [0.5, 0.6) is 11.5 Å². The third-order valence-corrected chi connectivity index (χ3v) is 4.15. The van der Waals surface area contributed by atoms with Gasteiger partial charge in [0.1, 0.15) is 11.5 Å². The van der Waals surface area contributed by atoms with Gasteiger partial charge in [-0.05, 0) is 19.1 Å². The molecule has 1 aromatic carbocycles. The van der Waals surface area contributed by atoms with Gasteiger partial charge in [-0.15, -0.1) is 0 Å². The van der Waals surface area contributed by atoms with E-state index < -0.39 is 10.0 Å². The van der Waals surface area contributed by atoms with Crippen molar-refractivity contribution in [2.75, 3.05) is 18.8 Å². The minimum Gasteiger partial charge on any atom is -0.507 e. The van der Waals surface area contributed by atoms with E-state index in [-0.39, 0.29) is 29.8 Å². The largest absolute Gasteiger partial charge is 0.507 e. The van der Waals surface area contributed by atoms with Crippen LogP contribution in [0.3, 0.4) is 0 Å². The SMILES string of the molecule is CCNS(=O)(=O)CCNC(C)c1c(O)cccc1O. The van der Waals surface area contributed by atoms with Crippen molar-refractivity contribution in [1.29, 1.82) is 0 Å². The van der Waals surface area contributed by atoms with Gasteiger partial charge in [-0.2, -0.15) is 0 Å². The number of rotatable bonds is 7. The van der Waals surface area contributed by atoms with Gasteiger partial charge >= 0.3 is 0 Å². The maximum absolute atomic E-state index is 11.4. The van der Waals surface area contributed by atoms with Crippen LogP contribution < -0.4 is 10.0 Å².